The molecule has 1 aliphatic heterocycles. The summed E-state index contributed by atoms with van der Waals surface area (Å²) in [5.74, 6) is 0.392. The number of benzene rings is 2. The van der Waals surface area contributed by atoms with E-state index >= 15 is 0 Å². The summed E-state index contributed by atoms with van der Waals surface area (Å²) in [5.41, 5.74) is 4.97. The lowest BCUT2D eigenvalue weighted by Crippen LogP contribution is -2.42. The number of likely N-dealkylation sites (tertiary alicyclic amines) is 1. The molecule has 0 amide bonds. The van der Waals surface area contributed by atoms with Gasteiger partial charge in [0.05, 0.1) is 0 Å². The Hall–Kier alpha value is -1.93. The predicted octanol–water partition coefficient (Wildman–Crippen LogP) is 4.63. The highest BCUT2D eigenvalue weighted by Gasteiger charge is 2.39. The molecule has 0 spiro atoms. The first-order chi connectivity index (χ1) is 11.0. The summed E-state index contributed by atoms with van der Waals surface area (Å²) < 4.78 is 0. The highest BCUT2D eigenvalue weighted by atomic mass is 16.1. The molecular formula is C21H25NO. The fourth-order valence-electron chi connectivity index (χ4n) is 3.67. The van der Waals surface area contributed by atoms with Crippen molar-refractivity contribution in [3.63, 3.8) is 0 Å². The molecule has 0 radical (unpaired) electrons. The van der Waals surface area contributed by atoms with Gasteiger partial charge in [0.25, 0.3) is 0 Å². The minimum Gasteiger partial charge on any atom is -0.299 e. The van der Waals surface area contributed by atoms with Gasteiger partial charge in [-0.25, -0.2) is 0 Å². The van der Waals surface area contributed by atoms with Crippen LogP contribution in [0.5, 0.6) is 0 Å². The van der Waals surface area contributed by atoms with Gasteiger partial charge < -0.3 is 0 Å². The number of carbonyl (C=O) groups is 1. The summed E-state index contributed by atoms with van der Waals surface area (Å²) in [7, 11) is 2.15. The van der Waals surface area contributed by atoms with E-state index in [0.29, 0.717) is 12.2 Å². The van der Waals surface area contributed by atoms with Gasteiger partial charge in [-0.1, -0.05) is 66.6 Å². The number of aryl methyl sites for hydroxylation is 2. The quantitative estimate of drug-likeness (QED) is 0.806. The largest absolute Gasteiger partial charge is 0.299 e. The van der Waals surface area contributed by atoms with Crippen LogP contribution in [-0.2, 0) is 4.79 Å². The van der Waals surface area contributed by atoms with E-state index < -0.39 is 0 Å². The average molecular weight is 307 g/mol. The van der Waals surface area contributed by atoms with E-state index in [1.165, 1.54) is 22.3 Å². The van der Waals surface area contributed by atoms with Crippen LogP contribution in [0.4, 0.5) is 0 Å². The smallest absolute Gasteiger partial charge is 0.139 e. The molecule has 0 aromatic heterocycles. The molecule has 3 rings (SSSR count). The molecule has 1 saturated heterocycles. The van der Waals surface area contributed by atoms with E-state index in [0.717, 1.165) is 0 Å². The minimum atomic E-state index is 0.0319. The zero-order chi connectivity index (χ0) is 16.6. The normalized spacial score (nSPS) is 25.6. The van der Waals surface area contributed by atoms with Crippen LogP contribution in [0.2, 0.25) is 0 Å². The maximum absolute atomic E-state index is 12.6. The zero-order valence-electron chi connectivity index (χ0n) is 14.4. The van der Waals surface area contributed by atoms with Crippen LogP contribution >= 0.6 is 0 Å². The monoisotopic (exact) mass is 307 g/mol. The highest BCUT2D eigenvalue weighted by molar-refractivity contribution is 5.83. The van der Waals surface area contributed by atoms with E-state index in [1.807, 2.05) is 0 Å². The molecular weight excluding hydrogens is 282 g/mol. The van der Waals surface area contributed by atoms with E-state index in [-0.39, 0.29) is 18.0 Å². The SMILES string of the molecule is Cc1ccc(C2CC(=O)C(C)C(c3ccc(C)cc3)N2C)cc1. The molecule has 2 heteroatoms. The van der Waals surface area contributed by atoms with Gasteiger partial charge in [-0.3, -0.25) is 9.69 Å². The van der Waals surface area contributed by atoms with Gasteiger partial charge in [0, 0.05) is 24.4 Å². The van der Waals surface area contributed by atoms with E-state index in [9.17, 15) is 4.79 Å². The van der Waals surface area contributed by atoms with Gasteiger partial charge in [-0.05, 0) is 32.0 Å². The fourth-order valence-corrected chi connectivity index (χ4v) is 3.67. The molecule has 120 valence electrons. The number of Topliss-reactive ketones (excluding diaryl/α,β-unsaturated/α-hetero) is 1. The van der Waals surface area contributed by atoms with Gasteiger partial charge in [0.1, 0.15) is 5.78 Å². The van der Waals surface area contributed by atoms with Crippen molar-refractivity contribution >= 4 is 5.78 Å². The number of rotatable bonds is 2. The summed E-state index contributed by atoms with van der Waals surface area (Å²) >= 11 is 0. The first-order valence-corrected chi connectivity index (χ1v) is 8.35. The predicted molar refractivity (Wildman–Crippen MR) is 94.4 cm³/mol. The van der Waals surface area contributed by atoms with E-state index in [4.69, 9.17) is 0 Å². The maximum Gasteiger partial charge on any atom is 0.139 e. The Bertz CT molecular complexity index is 687. The Morgan fingerprint density at radius 1 is 0.870 bits per heavy atom. The molecule has 1 aliphatic rings. The third kappa shape index (κ3) is 3.09. The second-order valence-corrected chi connectivity index (χ2v) is 6.91. The van der Waals surface area contributed by atoms with Crippen molar-refractivity contribution in [3.05, 3.63) is 70.8 Å². The van der Waals surface area contributed by atoms with Gasteiger partial charge in [0.2, 0.25) is 0 Å². The molecule has 2 nitrogen and oxygen atoms in total. The van der Waals surface area contributed by atoms with Crippen molar-refractivity contribution in [1.82, 2.24) is 4.90 Å². The third-order valence-corrected chi connectivity index (χ3v) is 5.19. The summed E-state index contributed by atoms with van der Waals surface area (Å²) in [6, 6.07) is 17.5. The van der Waals surface area contributed by atoms with Gasteiger partial charge in [-0.15, -0.1) is 0 Å². The first-order valence-electron chi connectivity index (χ1n) is 8.35. The Kier molecular flexibility index (Phi) is 4.36. The maximum atomic E-state index is 12.6. The molecule has 3 atom stereocenters. The Morgan fingerprint density at radius 2 is 1.35 bits per heavy atom. The van der Waals surface area contributed by atoms with Crippen LogP contribution in [0, 0.1) is 19.8 Å². The van der Waals surface area contributed by atoms with Crippen molar-refractivity contribution in [3.8, 4) is 0 Å². The summed E-state index contributed by atoms with van der Waals surface area (Å²) in [4.78, 5) is 15.0. The molecule has 0 saturated carbocycles. The first kappa shape index (κ1) is 15.9. The Morgan fingerprint density at radius 3 is 1.87 bits per heavy atom. The Labute approximate surface area is 139 Å². The van der Waals surface area contributed by atoms with Gasteiger partial charge >= 0.3 is 0 Å². The van der Waals surface area contributed by atoms with Crippen molar-refractivity contribution in [2.75, 3.05) is 7.05 Å². The Balaban J connectivity index is 1.96. The lowest BCUT2D eigenvalue weighted by molar-refractivity contribution is -0.130. The van der Waals surface area contributed by atoms with Crippen molar-refractivity contribution in [2.24, 2.45) is 5.92 Å². The third-order valence-electron chi connectivity index (χ3n) is 5.19. The minimum absolute atomic E-state index is 0.0319. The number of nitrogens with zero attached hydrogens (tertiary/aromatic N) is 1. The number of hydrogen-bond acceptors (Lipinski definition) is 2. The number of hydrogen-bond donors (Lipinski definition) is 0. The van der Waals surface area contributed by atoms with Gasteiger partial charge in [0.15, 0.2) is 0 Å². The lowest BCUT2D eigenvalue weighted by Gasteiger charge is -2.43. The van der Waals surface area contributed by atoms with Crippen molar-refractivity contribution < 1.29 is 4.79 Å². The van der Waals surface area contributed by atoms with E-state index in [2.05, 4.69) is 81.2 Å². The second-order valence-electron chi connectivity index (χ2n) is 6.91. The highest BCUT2D eigenvalue weighted by Crippen LogP contribution is 2.41. The summed E-state index contributed by atoms with van der Waals surface area (Å²) in [6.45, 7) is 6.25. The number of ketones is 1. The van der Waals surface area contributed by atoms with Crippen LogP contribution in [0.15, 0.2) is 48.5 Å². The average Bonchev–Trinajstić information content (AvgIpc) is 2.54. The number of piperidine rings is 1. The van der Waals surface area contributed by atoms with Crippen LogP contribution in [0.3, 0.4) is 0 Å². The van der Waals surface area contributed by atoms with Crippen LogP contribution in [0.25, 0.3) is 0 Å². The second kappa shape index (κ2) is 6.29. The van der Waals surface area contributed by atoms with Crippen molar-refractivity contribution in [1.29, 1.82) is 0 Å². The molecule has 2 aromatic carbocycles. The van der Waals surface area contributed by atoms with Gasteiger partial charge in [-0.2, -0.15) is 0 Å². The molecule has 2 aromatic rings. The molecule has 0 N–H and O–H groups in total. The van der Waals surface area contributed by atoms with E-state index in [1.54, 1.807) is 0 Å². The topological polar surface area (TPSA) is 20.3 Å². The molecule has 1 heterocycles. The molecule has 0 aliphatic carbocycles. The van der Waals surface area contributed by atoms with Crippen LogP contribution in [-0.4, -0.2) is 17.7 Å². The molecule has 1 fully saturated rings. The van der Waals surface area contributed by atoms with Crippen LogP contribution < -0.4 is 0 Å². The summed E-state index contributed by atoms with van der Waals surface area (Å²) in [5, 5.41) is 0. The molecule has 0 bridgehead atoms. The van der Waals surface area contributed by atoms with Crippen LogP contribution in [0.1, 0.15) is 47.7 Å². The molecule has 23 heavy (non-hydrogen) atoms. The molecule has 3 unspecified atom stereocenters. The number of carbonyl (C=O) groups excluding carboxylic acids is 1. The lowest BCUT2D eigenvalue weighted by atomic mass is 9.80. The zero-order valence-corrected chi connectivity index (χ0v) is 14.4. The van der Waals surface area contributed by atoms with Crippen molar-refractivity contribution in [2.45, 2.75) is 39.3 Å². The summed E-state index contributed by atoms with van der Waals surface area (Å²) in [6.07, 6.45) is 0.600. The standard InChI is InChI=1S/C21H25NO/c1-14-5-9-17(10-6-14)19-13-20(23)16(3)21(22(19)4)18-11-7-15(2)8-12-18/h5-12,16,19,21H,13H2,1-4H3. The fraction of sp³-hybridized carbons (Fsp3) is 0.381.